The van der Waals surface area contributed by atoms with E-state index in [0.717, 1.165) is 99.2 Å². The van der Waals surface area contributed by atoms with Crippen LogP contribution >= 0.6 is 0 Å². The number of unbranched alkanes of at least 4 members (excludes halogenated alkanes) is 3. The summed E-state index contributed by atoms with van der Waals surface area (Å²) >= 11 is 0. The number of hydrogen-bond acceptors (Lipinski definition) is 4. The fraction of sp³-hybridized carbons (Fsp3) is 0.588. The van der Waals surface area contributed by atoms with Gasteiger partial charge in [-0.2, -0.15) is 22.0 Å². The molecule has 12 heteroatoms. The minimum Gasteiger partial charge on any atom is -0.508 e. The van der Waals surface area contributed by atoms with Gasteiger partial charge < -0.3 is 10.0 Å². The fourth-order valence-corrected chi connectivity index (χ4v) is 8.07. The van der Waals surface area contributed by atoms with Gasteiger partial charge in [0, 0.05) is 12.5 Å². The number of aromatic hydroxyl groups is 1. The van der Waals surface area contributed by atoms with E-state index in [1.165, 1.54) is 6.07 Å². The number of benzene rings is 2. The molecule has 1 atom stereocenters. The van der Waals surface area contributed by atoms with Crippen LogP contribution in [-0.2, 0) is 16.3 Å². The first-order valence-corrected chi connectivity index (χ1v) is 17.9. The van der Waals surface area contributed by atoms with Crippen molar-refractivity contribution < 1.29 is 44.3 Å². The number of alkyl halides is 5. The van der Waals surface area contributed by atoms with Gasteiger partial charge in [0.1, 0.15) is 5.75 Å². The first-order chi connectivity index (χ1) is 21.7. The molecule has 4 rings (SSSR count). The maximum atomic E-state index is 14.2. The van der Waals surface area contributed by atoms with Gasteiger partial charge in [0.15, 0.2) is 21.5 Å². The monoisotopic (exact) mass is 677 g/mol. The quantitative estimate of drug-likeness (QED) is 0.151. The van der Waals surface area contributed by atoms with Gasteiger partial charge in [-0.05, 0) is 129 Å². The summed E-state index contributed by atoms with van der Waals surface area (Å²) in [5, 5.41) is 10.1. The number of phenols is 1. The number of rotatable bonds is 15. The zero-order valence-electron chi connectivity index (χ0n) is 25.8. The Morgan fingerprint density at radius 3 is 2.35 bits per heavy atom. The van der Waals surface area contributed by atoms with Crippen molar-refractivity contribution in [2.45, 2.75) is 102 Å². The van der Waals surface area contributed by atoms with Crippen molar-refractivity contribution in [3.05, 3.63) is 64.7 Å². The summed E-state index contributed by atoms with van der Waals surface area (Å²) in [5.74, 6) is -8.19. The number of hydrogen-bond donors (Lipinski definition) is 1. The third-order valence-electron chi connectivity index (χ3n) is 9.17. The SMILES string of the molecule is O=S(=O)(CCC[C@@H]1CCCN1CCCCCCC1=C(c2ccc(F)c(F)c2)CCCc2cc(O)ccc21)CCC(F)(F)C(F)(F)F. The van der Waals surface area contributed by atoms with Crippen LogP contribution in [0.5, 0.6) is 5.75 Å². The van der Waals surface area contributed by atoms with Crippen LogP contribution in [0.15, 0.2) is 36.4 Å². The van der Waals surface area contributed by atoms with Gasteiger partial charge in [0.2, 0.25) is 0 Å². The molecule has 0 radical (unpaired) electrons. The van der Waals surface area contributed by atoms with Gasteiger partial charge >= 0.3 is 12.1 Å². The second-order valence-corrected chi connectivity index (χ2v) is 14.8. The van der Waals surface area contributed by atoms with E-state index in [1.54, 1.807) is 18.2 Å². The molecule has 2 aromatic carbocycles. The normalized spacial score (nSPS) is 18.2. The molecule has 1 aliphatic heterocycles. The van der Waals surface area contributed by atoms with Crippen molar-refractivity contribution in [2.75, 3.05) is 24.6 Å². The molecule has 1 heterocycles. The van der Waals surface area contributed by atoms with E-state index < -0.39 is 51.5 Å². The summed E-state index contributed by atoms with van der Waals surface area (Å²) in [7, 11) is -4.02. The summed E-state index contributed by atoms with van der Waals surface area (Å²) in [5.41, 5.74) is 4.84. The van der Waals surface area contributed by atoms with Gasteiger partial charge in [-0.3, -0.25) is 0 Å². The Balaban J connectivity index is 1.26. The van der Waals surface area contributed by atoms with E-state index in [-0.39, 0.29) is 18.2 Å². The van der Waals surface area contributed by atoms with E-state index in [2.05, 4.69) is 4.90 Å². The molecule has 0 amide bonds. The number of phenolic OH excluding ortho intramolecular Hbond substituents is 1. The van der Waals surface area contributed by atoms with Gasteiger partial charge in [-0.15, -0.1) is 0 Å². The summed E-state index contributed by atoms with van der Waals surface area (Å²) < 4.78 is 115. The van der Waals surface area contributed by atoms with Crippen LogP contribution < -0.4 is 0 Å². The maximum Gasteiger partial charge on any atom is 0.453 e. The van der Waals surface area contributed by atoms with Crippen LogP contribution in [0.1, 0.15) is 93.7 Å². The van der Waals surface area contributed by atoms with Crippen molar-refractivity contribution in [3.63, 3.8) is 0 Å². The van der Waals surface area contributed by atoms with Gasteiger partial charge in [0.05, 0.1) is 11.5 Å². The van der Waals surface area contributed by atoms with Crippen LogP contribution in [-0.4, -0.2) is 61.2 Å². The van der Waals surface area contributed by atoms with Gasteiger partial charge in [0.25, 0.3) is 0 Å². The molecule has 4 nitrogen and oxygen atoms in total. The number of aryl methyl sites for hydroxylation is 1. The number of likely N-dealkylation sites (tertiary alicyclic amines) is 1. The predicted molar refractivity (Wildman–Crippen MR) is 165 cm³/mol. The topological polar surface area (TPSA) is 57.6 Å². The summed E-state index contributed by atoms with van der Waals surface area (Å²) in [6, 6.07) is 9.52. The number of halogens is 7. The highest BCUT2D eigenvalue weighted by Crippen LogP contribution is 2.40. The van der Waals surface area contributed by atoms with Crippen molar-refractivity contribution in [2.24, 2.45) is 0 Å². The Hall–Kier alpha value is -2.60. The Kier molecular flexibility index (Phi) is 12.2. The second kappa shape index (κ2) is 15.5. The zero-order valence-corrected chi connectivity index (χ0v) is 26.6. The highest BCUT2D eigenvalue weighted by atomic mass is 32.2. The van der Waals surface area contributed by atoms with Crippen LogP contribution in [0, 0.1) is 11.6 Å². The molecule has 0 bridgehead atoms. The molecule has 0 unspecified atom stereocenters. The van der Waals surface area contributed by atoms with E-state index in [1.807, 2.05) is 6.07 Å². The largest absolute Gasteiger partial charge is 0.508 e. The lowest BCUT2D eigenvalue weighted by Crippen LogP contribution is -2.38. The lowest BCUT2D eigenvalue weighted by Gasteiger charge is -2.24. The smallest absolute Gasteiger partial charge is 0.453 e. The molecule has 46 heavy (non-hydrogen) atoms. The minimum atomic E-state index is -5.76. The zero-order chi connectivity index (χ0) is 33.5. The summed E-state index contributed by atoms with van der Waals surface area (Å²) in [6.07, 6.45) is 1.89. The van der Waals surface area contributed by atoms with Crippen LogP contribution in [0.4, 0.5) is 30.7 Å². The Bertz CT molecular complexity index is 1470. The summed E-state index contributed by atoms with van der Waals surface area (Å²) in [4.78, 5) is 2.31. The first-order valence-electron chi connectivity index (χ1n) is 16.1. The van der Waals surface area contributed by atoms with Crippen molar-refractivity contribution in [1.29, 1.82) is 0 Å². The fourth-order valence-electron chi connectivity index (χ4n) is 6.69. The molecule has 1 N–H and O–H groups in total. The van der Waals surface area contributed by atoms with E-state index >= 15 is 0 Å². The molecule has 0 spiro atoms. The van der Waals surface area contributed by atoms with Crippen LogP contribution in [0.2, 0.25) is 0 Å². The molecule has 0 saturated carbocycles. The minimum absolute atomic E-state index is 0.162. The maximum absolute atomic E-state index is 14.2. The van der Waals surface area contributed by atoms with Gasteiger partial charge in [-0.1, -0.05) is 25.0 Å². The average Bonchev–Trinajstić information content (AvgIpc) is 3.34. The molecule has 1 saturated heterocycles. The first kappa shape index (κ1) is 36.2. The van der Waals surface area contributed by atoms with E-state index in [4.69, 9.17) is 0 Å². The second-order valence-electron chi connectivity index (χ2n) is 12.5. The molecule has 256 valence electrons. The van der Waals surface area contributed by atoms with Gasteiger partial charge in [-0.25, -0.2) is 17.2 Å². The molecular formula is C34H42F7NO3S. The molecule has 2 aliphatic rings. The van der Waals surface area contributed by atoms with Crippen LogP contribution in [0.3, 0.4) is 0 Å². The number of sulfone groups is 1. The lowest BCUT2D eigenvalue weighted by atomic mass is 9.89. The van der Waals surface area contributed by atoms with Crippen molar-refractivity contribution in [3.8, 4) is 5.75 Å². The number of allylic oxidation sites excluding steroid dienone is 2. The molecular weight excluding hydrogens is 635 g/mol. The Morgan fingerprint density at radius 1 is 0.848 bits per heavy atom. The molecule has 0 aromatic heterocycles. The number of fused-ring (bicyclic) bond motifs is 1. The molecule has 2 aromatic rings. The highest BCUT2D eigenvalue weighted by molar-refractivity contribution is 7.91. The third kappa shape index (κ3) is 9.71. The van der Waals surface area contributed by atoms with E-state index in [9.17, 15) is 44.3 Å². The van der Waals surface area contributed by atoms with Crippen molar-refractivity contribution >= 4 is 21.0 Å². The Morgan fingerprint density at radius 2 is 1.61 bits per heavy atom. The van der Waals surface area contributed by atoms with Crippen LogP contribution in [0.25, 0.3) is 11.1 Å². The highest BCUT2D eigenvalue weighted by Gasteiger charge is 2.57. The Labute approximate surface area is 266 Å². The lowest BCUT2D eigenvalue weighted by molar-refractivity contribution is -0.282. The number of nitrogens with zero attached hydrogens (tertiary/aromatic N) is 1. The average molecular weight is 678 g/mol. The predicted octanol–water partition coefficient (Wildman–Crippen LogP) is 9.12. The molecule has 1 fully saturated rings. The van der Waals surface area contributed by atoms with E-state index in [0.29, 0.717) is 18.4 Å². The van der Waals surface area contributed by atoms with Crippen molar-refractivity contribution in [1.82, 2.24) is 4.90 Å². The molecule has 1 aliphatic carbocycles. The summed E-state index contributed by atoms with van der Waals surface area (Å²) in [6.45, 7) is 1.71. The standard InChI is InChI=1S/C34H42F7NO3S/c35-31-16-13-25(23-32(31)36)28-12-5-8-24-22-27(43)14-15-29(24)30(28)11-3-1-2-4-18-42-19-6-9-26(42)10-7-20-46(44,45)21-17-33(37,38)34(39,40)41/h13-16,22-23,26,43H,1-12,17-21H2/t26-/m0/s1. The third-order valence-corrected chi connectivity index (χ3v) is 10.9.